The van der Waals surface area contributed by atoms with Gasteiger partial charge in [-0.25, -0.2) is 0 Å². The average molecular weight is 247 g/mol. The van der Waals surface area contributed by atoms with E-state index in [-0.39, 0.29) is 5.75 Å². The summed E-state index contributed by atoms with van der Waals surface area (Å²) in [7, 11) is 1.74. The van der Waals surface area contributed by atoms with Gasteiger partial charge in [-0.05, 0) is 12.1 Å². The van der Waals surface area contributed by atoms with E-state index in [0.717, 1.165) is 0 Å². The van der Waals surface area contributed by atoms with Crippen molar-refractivity contribution in [2.24, 2.45) is 7.05 Å². The lowest BCUT2D eigenvalue weighted by molar-refractivity contribution is 0.171. The van der Waals surface area contributed by atoms with E-state index < -0.39 is 0 Å². The molecule has 0 aliphatic carbocycles. The number of fused-ring (bicyclic) bond motifs is 1. The first-order valence-corrected chi connectivity index (χ1v) is 5.58. The molecule has 1 aromatic carbocycles. The largest absolute Gasteiger partial charge is 0.507 e. The van der Waals surface area contributed by atoms with Crippen LogP contribution in [0, 0.1) is 0 Å². The molecule has 3 N–H and O–H groups in total. The molecule has 18 heavy (non-hydrogen) atoms. The van der Waals surface area contributed by atoms with E-state index in [9.17, 15) is 5.11 Å². The van der Waals surface area contributed by atoms with Crippen LogP contribution in [0.1, 0.15) is 0 Å². The number of phenolic OH excluding ortho intramolecular Hbond substituents is 1. The second kappa shape index (κ2) is 3.83. The minimum Gasteiger partial charge on any atom is -0.507 e. The molecule has 1 aliphatic heterocycles. The maximum atomic E-state index is 9.99. The number of hydrogen-bond acceptors (Lipinski definition) is 5. The van der Waals surface area contributed by atoms with Crippen molar-refractivity contribution in [1.29, 1.82) is 0 Å². The van der Waals surface area contributed by atoms with Crippen LogP contribution >= 0.6 is 0 Å². The maximum Gasteiger partial charge on any atom is 0.174 e. The van der Waals surface area contributed by atoms with Gasteiger partial charge >= 0.3 is 0 Å². The Morgan fingerprint density at radius 3 is 2.83 bits per heavy atom. The lowest BCUT2D eigenvalue weighted by atomic mass is 10.1. The number of aromatic nitrogens is 2. The number of phenols is 1. The zero-order valence-corrected chi connectivity index (χ0v) is 9.88. The molecule has 0 fully saturated rings. The molecule has 0 bridgehead atoms. The van der Waals surface area contributed by atoms with Crippen LogP contribution < -0.4 is 15.2 Å². The van der Waals surface area contributed by atoms with Crippen LogP contribution in [0.2, 0.25) is 0 Å². The Bertz CT molecular complexity index is 587. The van der Waals surface area contributed by atoms with Crippen LogP contribution in [0.25, 0.3) is 11.3 Å². The van der Waals surface area contributed by atoms with Crippen LogP contribution in [-0.2, 0) is 7.05 Å². The predicted octanol–water partition coefficient (Wildman–Crippen LogP) is 1.15. The summed E-state index contributed by atoms with van der Waals surface area (Å²) in [5.41, 5.74) is 6.83. The molecule has 1 aliphatic rings. The Kier molecular flexibility index (Phi) is 2.29. The number of nitrogen functional groups attached to an aromatic ring is 1. The van der Waals surface area contributed by atoms with Gasteiger partial charge in [0.25, 0.3) is 0 Å². The summed E-state index contributed by atoms with van der Waals surface area (Å²) >= 11 is 0. The number of anilines is 1. The number of hydrogen-bond donors (Lipinski definition) is 2. The van der Waals surface area contributed by atoms with Gasteiger partial charge in [-0.2, -0.15) is 5.10 Å². The fourth-order valence-electron chi connectivity index (χ4n) is 1.96. The van der Waals surface area contributed by atoms with Crippen LogP contribution in [0.3, 0.4) is 0 Å². The molecule has 0 saturated carbocycles. The molecule has 94 valence electrons. The van der Waals surface area contributed by atoms with Crippen molar-refractivity contribution in [3.05, 3.63) is 18.2 Å². The number of aryl methyl sites for hydroxylation is 1. The molecular weight excluding hydrogens is 234 g/mol. The van der Waals surface area contributed by atoms with Gasteiger partial charge < -0.3 is 20.3 Å². The van der Waals surface area contributed by atoms with E-state index in [0.29, 0.717) is 41.8 Å². The highest BCUT2D eigenvalue weighted by Gasteiger charge is 2.22. The molecular formula is C12H13N3O3. The average Bonchev–Trinajstić information content (AvgIpc) is 2.69. The monoisotopic (exact) mass is 247 g/mol. The summed E-state index contributed by atoms with van der Waals surface area (Å²) in [5, 5.41) is 14.2. The number of nitrogens with zero attached hydrogens (tertiary/aromatic N) is 2. The second-order valence-electron chi connectivity index (χ2n) is 4.06. The van der Waals surface area contributed by atoms with Crippen LogP contribution in [-0.4, -0.2) is 28.1 Å². The molecule has 6 nitrogen and oxygen atoms in total. The third-order valence-electron chi connectivity index (χ3n) is 2.86. The van der Waals surface area contributed by atoms with Crippen LogP contribution in [0.5, 0.6) is 17.2 Å². The molecule has 0 saturated heterocycles. The van der Waals surface area contributed by atoms with E-state index in [1.54, 1.807) is 25.2 Å². The van der Waals surface area contributed by atoms with Gasteiger partial charge in [-0.3, -0.25) is 4.68 Å². The molecule has 3 rings (SSSR count). The van der Waals surface area contributed by atoms with E-state index in [2.05, 4.69) is 5.10 Å². The first kappa shape index (κ1) is 10.8. The molecule has 2 aromatic rings. The Balaban J connectivity index is 2.21. The first-order chi connectivity index (χ1) is 8.66. The lowest BCUT2D eigenvalue weighted by Gasteiger charge is -2.20. The van der Waals surface area contributed by atoms with Gasteiger partial charge in [0.05, 0.1) is 5.56 Å². The van der Waals surface area contributed by atoms with Crippen molar-refractivity contribution in [3.8, 4) is 28.5 Å². The molecule has 1 aromatic heterocycles. The van der Waals surface area contributed by atoms with E-state index in [4.69, 9.17) is 15.2 Å². The van der Waals surface area contributed by atoms with Gasteiger partial charge in [0.15, 0.2) is 11.5 Å². The molecule has 2 heterocycles. The highest BCUT2D eigenvalue weighted by atomic mass is 16.6. The molecule has 0 atom stereocenters. The third kappa shape index (κ3) is 1.54. The zero-order valence-electron chi connectivity index (χ0n) is 9.88. The number of rotatable bonds is 1. The quantitative estimate of drug-likeness (QED) is 0.789. The standard InChI is InChI=1S/C12H13N3O3/c1-15-10(13)6-7(14-15)11-8(16)2-3-9-12(11)18-5-4-17-9/h2-3,6,16H,4-5,13H2,1H3. The van der Waals surface area contributed by atoms with Crippen molar-refractivity contribution in [2.75, 3.05) is 18.9 Å². The van der Waals surface area contributed by atoms with Gasteiger partial charge in [-0.15, -0.1) is 0 Å². The summed E-state index contributed by atoms with van der Waals surface area (Å²) in [6, 6.07) is 4.93. The van der Waals surface area contributed by atoms with Crippen molar-refractivity contribution < 1.29 is 14.6 Å². The Hall–Kier alpha value is -2.37. The minimum absolute atomic E-state index is 0.0948. The van der Waals surface area contributed by atoms with Crippen LogP contribution in [0.15, 0.2) is 18.2 Å². The van der Waals surface area contributed by atoms with Crippen molar-refractivity contribution in [2.45, 2.75) is 0 Å². The predicted molar refractivity (Wildman–Crippen MR) is 65.7 cm³/mol. The number of benzene rings is 1. The normalized spacial score (nSPS) is 13.6. The third-order valence-corrected chi connectivity index (χ3v) is 2.86. The maximum absolute atomic E-state index is 9.99. The van der Waals surface area contributed by atoms with E-state index in [1.165, 1.54) is 4.68 Å². The molecule has 0 amide bonds. The summed E-state index contributed by atoms with van der Waals surface area (Å²) in [5.74, 6) is 1.73. The Morgan fingerprint density at radius 2 is 2.11 bits per heavy atom. The number of nitrogens with two attached hydrogens (primary N) is 1. The number of ether oxygens (including phenoxy) is 2. The molecule has 0 spiro atoms. The summed E-state index contributed by atoms with van der Waals surface area (Å²) in [6.45, 7) is 0.952. The highest BCUT2D eigenvalue weighted by Crippen LogP contribution is 2.45. The molecule has 0 radical (unpaired) electrons. The SMILES string of the molecule is Cn1nc(-c2c(O)ccc3c2OCCO3)cc1N. The Morgan fingerprint density at radius 1 is 1.33 bits per heavy atom. The van der Waals surface area contributed by atoms with Crippen LogP contribution in [0.4, 0.5) is 5.82 Å². The Labute approximate surface area is 104 Å². The minimum atomic E-state index is 0.0948. The summed E-state index contributed by atoms with van der Waals surface area (Å²) in [6.07, 6.45) is 0. The van der Waals surface area contributed by atoms with E-state index in [1.807, 2.05) is 0 Å². The lowest BCUT2D eigenvalue weighted by Crippen LogP contribution is -2.16. The topological polar surface area (TPSA) is 82.5 Å². The van der Waals surface area contributed by atoms with Gasteiger partial charge in [0, 0.05) is 13.1 Å². The zero-order chi connectivity index (χ0) is 12.7. The van der Waals surface area contributed by atoms with Crippen molar-refractivity contribution >= 4 is 5.82 Å². The molecule has 0 unspecified atom stereocenters. The van der Waals surface area contributed by atoms with Crippen molar-refractivity contribution in [1.82, 2.24) is 9.78 Å². The first-order valence-electron chi connectivity index (χ1n) is 5.58. The summed E-state index contributed by atoms with van der Waals surface area (Å²) < 4.78 is 12.6. The fourth-order valence-corrected chi connectivity index (χ4v) is 1.96. The van der Waals surface area contributed by atoms with Crippen molar-refractivity contribution in [3.63, 3.8) is 0 Å². The van der Waals surface area contributed by atoms with E-state index >= 15 is 0 Å². The fraction of sp³-hybridized carbons (Fsp3) is 0.250. The van der Waals surface area contributed by atoms with Gasteiger partial charge in [0.1, 0.15) is 30.5 Å². The second-order valence-corrected chi connectivity index (χ2v) is 4.06. The summed E-state index contributed by atoms with van der Waals surface area (Å²) in [4.78, 5) is 0. The smallest absolute Gasteiger partial charge is 0.174 e. The molecule has 6 heteroatoms. The highest BCUT2D eigenvalue weighted by molar-refractivity contribution is 5.78. The van der Waals surface area contributed by atoms with Gasteiger partial charge in [-0.1, -0.05) is 0 Å². The van der Waals surface area contributed by atoms with Gasteiger partial charge in [0.2, 0.25) is 0 Å². The number of aromatic hydroxyl groups is 1.